The summed E-state index contributed by atoms with van der Waals surface area (Å²) in [6.07, 6.45) is 4.59. The van der Waals surface area contributed by atoms with E-state index in [0.717, 1.165) is 10.6 Å². The smallest absolute Gasteiger partial charge is 0.333 e. The Morgan fingerprint density at radius 1 is 1.17 bits per heavy atom. The van der Waals surface area contributed by atoms with Crippen LogP contribution < -0.4 is 11.2 Å². The fourth-order valence-corrected chi connectivity index (χ4v) is 3.58. The lowest BCUT2D eigenvalue weighted by Crippen LogP contribution is -2.33. The Labute approximate surface area is 165 Å². The first-order chi connectivity index (χ1) is 13.9. The van der Waals surface area contributed by atoms with Crippen molar-refractivity contribution in [2.24, 2.45) is 7.05 Å². The summed E-state index contributed by atoms with van der Waals surface area (Å²) >= 11 is 6.09. The molecule has 5 rings (SSSR count). The number of aromatic nitrogens is 5. The van der Waals surface area contributed by atoms with Crippen LogP contribution >= 0.6 is 11.6 Å². The van der Waals surface area contributed by atoms with Gasteiger partial charge in [0.1, 0.15) is 11.6 Å². The van der Waals surface area contributed by atoms with Crippen molar-refractivity contribution in [3.05, 3.63) is 74.5 Å². The molecule has 1 aromatic carbocycles. The van der Waals surface area contributed by atoms with Crippen LogP contribution in [0, 0.1) is 5.82 Å². The SMILES string of the molecule is Cn1ncc2cncc(-n3c(=O)[nH]c4cc(-c5ccc(F)cc5Cl)oc4c3=O)c21. The van der Waals surface area contributed by atoms with Gasteiger partial charge in [0.2, 0.25) is 5.58 Å². The van der Waals surface area contributed by atoms with E-state index in [2.05, 4.69) is 15.1 Å². The molecule has 0 atom stereocenters. The highest BCUT2D eigenvalue weighted by Crippen LogP contribution is 2.31. The molecular weight excluding hydrogens is 401 g/mol. The normalized spacial score (nSPS) is 11.6. The third-order valence-corrected chi connectivity index (χ3v) is 4.94. The van der Waals surface area contributed by atoms with Crippen molar-refractivity contribution < 1.29 is 8.81 Å². The van der Waals surface area contributed by atoms with Gasteiger partial charge in [-0.25, -0.2) is 13.8 Å². The first kappa shape index (κ1) is 17.4. The summed E-state index contributed by atoms with van der Waals surface area (Å²) in [4.78, 5) is 32.6. The molecule has 0 aliphatic rings. The Balaban J connectivity index is 1.80. The average molecular weight is 412 g/mol. The van der Waals surface area contributed by atoms with E-state index >= 15 is 0 Å². The Kier molecular flexibility index (Phi) is 3.68. The van der Waals surface area contributed by atoms with Gasteiger partial charge in [-0.15, -0.1) is 0 Å². The molecule has 8 nitrogen and oxygen atoms in total. The average Bonchev–Trinajstić information content (AvgIpc) is 3.26. The highest BCUT2D eigenvalue weighted by atomic mass is 35.5. The van der Waals surface area contributed by atoms with Crippen LogP contribution in [0.15, 0.2) is 56.9 Å². The number of pyridine rings is 1. The van der Waals surface area contributed by atoms with E-state index in [1.54, 1.807) is 24.1 Å². The van der Waals surface area contributed by atoms with Crippen LogP contribution in [0.5, 0.6) is 0 Å². The number of hydrogen-bond acceptors (Lipinski definition) is 5. The van der Waals surface area contributed by atoms with Crippen LogP contribution in [0.4, 0.5) is 4.39 Å². The lowest BCUT2D eigenvalue weighted by molar-refractivity contribution is 0.617. The van der Waals surface area contributed by atoms with E-state index in [0.29, 0.717) is 16.5 Å². The van der Waals surface area contributed by atoms with E-state index < -0.39 is 17.1 Å². The Morgan fingerprint density at radius 2 is 2.00 bits per heavy atom. The quantitative estimate of drug-likeness (QED) is 0.481. The number of hydrogen-bond donors (Lipinski definition) is 1. The highest BCUT2D eigenvalue weighted by Gasteiger charge is 2.19. The molecule has 4 aromatic heterocycles. The monoisotopic (exact) mass is 411 g/mol. The van der Waals surface area contributed by atoms with Crippen LogP contribution in [0.2, 0.25) is 5.02 Å². The molecule has 10 heteroatoms. The third kappa shape index (κ3) is 2.59. The predicted octanol–water partition coefficient (Wildman–Crippen LogP) is 3.01. The maximum absolute atomic E-state index is 13.3. The summed E-state index contributed by atoms with van der Waals surface area (Å²) in [5, 5.41) is 4.94. The van der Waals surface area contributed by atoms with Gasteiger partial charge in [0.15, 0.2) is 0 Å². The van der Waals surface area contributed by atoms with Crippen molar-refractivity contribution >= 4 is 33.6 Å². The van der Waals surface area contributed by atoms with Crippen molar-refractivity contribution in [3.8, 4) is 17.0 Å². The second-order valence-electron chi connectivity index (χ2n) is 6.41. The minimum atomic E-state index is -0.663. The number of furan rings is 1. The van der Waals surface area contributed by atoms with Crippen molar-refractivity contribution in [1.82, 2.24) is 24.3 Å². The first-order valence-corrected chi connectivity index (χ1v) is 8.82. The van der Waals surface area contributed by atoms with Crippen molar-refractivity contribution in [3.63, 3.8) is 0 Å². The second-order valence-corrected chi connectivity index (χ2v) is 6.82. The lowest BCUT2D eigenvalue weighted by atomic mass is 10.1. The molecular formula is C19H11ClFN5O3. The van der Waals surface area contributed by atoms with Crippen LogP contribution in [-0.2, 0) is 7.05 Å². The van der Waals surface area contributed by atoms with E-state index in [9.17, 15) is 14.0 Å². The van der Waals surface area contributed by atoms with Crippen LogP contribution in [0.3, 0.4) is 0 Å². The molecule has 0 saturated heterocycles. The van der Waals surface area contributed by atoms with Gasteiger partial charge >= 0.3 is 11.2 Å². The van der Waals surface area contributed by atoms with E-state index in [4.69, 9.17) is 16.0 Å². The van der Waals surface area contributed by atoms with Gasteiger partial charge in [0.25, 0.3) is 0 Å². The zero-order chi connectivity index (χ0) is 20.3. The maximum atomic E-state index is 13.3. The minimum absolute atomic E-state index is 0.0702. The molecule has 0 bridgehead atoms. The maximum Gasteiger partial charge on any atom is 0.333 e. The lowest BCUT2D eigenvalue weighted by Gasteiger charge is -2.06. The van der Waals surface area contributed by atoms with E-state index in [1.165, 1.54) is 24.4 Å². The van der Waals surface area contributed by atoms with Gasteiger partial charge in [-0.05, 0) is 18.2 Å². The topological polar surface area (TPSA) is 98.7 Å². The third-order valence-electron chi connectivity index (χ3n) is 4.63. The number of fused-ring (bicyclic) bond motifs is 2. The van der Waals surface area contributed by atoms with Crippen LogP contribution in [0.1, 0.15) is 0 Å². The number of benzene rings is 1. The molecule has 1 N–H and O–H groups in total. The summed E-state index contributed by atoms with van der Waals surface area (Å²) in [7, 11) is 1.70. The van der Waals surface area contributed by atoms with Crippen molar-refractivity contribution in [1.29, 1.82) is 0 Å². The van der Waals surface area contributed by atoms with Crippen LogP contribution in [-0.4, -0.2) is 24.3 Å². The van der Waals surface area contributed by atoms with E-state index in [-0.39, 0.29) is 27.6 Å². The number of aromatic amines is 1. The van der Waals surface area contributed by atoms with Crippen molar-refractivity contribution in [2.75, 3.05) is 0 Å². The number of nitrogens with one attached hydrogen (secondary N) is 1. The molecule has 0 aliphatic heterocycles. The van der Waals surface area contributed by atoms with Gasteiger partial charge in [-0.2, -0.15) is 5.10 Å². The Morgan fingerprint density at radius 3 is 2.79 bits per heavy atom. The molecule has 144 valence electrons. The molecule has 0 fully saturated rings. The second kappa shape index (κ2) is 6.14. The predicted molar refractivity (Wildman–Crippen MR) is 105 cm³/mol. The summed E-state index contributed by atoms with van der Waals surface area (Å²) in [6, 6.07) is 5.28. The highest BCUT2D eigenvalue weighted by molar-refractivity contribution is 6.33. The molecule has 0 unspecified atom stereocenters. The zero-order valence-electron chi connectivity index (χ0n) is 14.8. The Bertz CT molecular complexity index is 1550. The number of rotatable bonds is 2. The molecule has 29 heavy (non-hydrogen) atoms. The largest absolute Gasteiger partial charge is 0.449 e. The molecule has 0 aliphatic carbocycles. The molecule has 0 spiro atoms. The Hall–Kier alpha value is -3.72. The number of H-pyrrole nitrogens is 1. The molecule has 4 heterocycles. The van der Waals surface area contributed by atoms with Gasteiger partial charge in [0.05, 0.1) is 34.1 Å². The number of halogens is 2. The fourth-order valence-electron chi connectivity index (χ4n) is 3.32. The standard InChI is InChI=1S/C19H11ClFN5O3/c1-25-16-9(7-23-25)6-22-8-14(16)26-18(27)17-13(24-19(26)28)5-15(29-17)11-3-2-10(21)4-12(11)20/h2-8H,1H3,(H,24,28). The molecule has 0 saturated carbocycles. The summed E-state index contributed by atoms with van der Waals surface area (Å²) in [6.45, 7) is 0. The fraction of sp³-hybridized carbons (Fsp3) is 0.0526. The molecule has 0 radical (unpaired) electrons. The zero-order valence-corrected chi connectivity index (χ0v) is 15.6. The molecule has 5 aromatic rings. The summed E-state index contributed by atoms with van der Waals surface area (Å²) < 4.78 is 21.5. The van der Waals surface area contributed by atoms with Gasteiger partial charge in [0, 0.05) is 30.3 Å². The van der Waals surface area contributed by atoms with Gasteiger partial charge in [-0.1, -0.05) is 11.6 Å². The number of nitrogens with zero attached hydrogens (tertiary/aromatic N) is 4. The van der Waals surface area contributed by atoms with Gasteiger partial charge < -0.3 is 9.40 Å². The van der Waals surface area contributed by atoms with Gasteiger partial charge in [-0.3, -0.25) is 14.5 Å². The summed E-state index contributed by atoms with van der Waals surface area (Å²) in [5.74, 6) is -0.269. The minimum Gasteiger partial charge on any atom is -0.449 e. The van der Waals surface area contributed by atoms with E-state index in [1.807, 2.05) is 0 Å². The first-order valence-electron chi connectivity index (χ1n) is 8.44. The van der Waals surface area contributed by atoms with Crippen molar-refractivity contribution in [2.45, 2.75) is 0 Å². The summed E-state index contributed by atoms with van der Waals surface area (Å²) in [5.41, 5.74) is 0.0513. The molecule has 0 amide bonds. The van der Waals surface area contributed by atoms with Crippen LogP contribution in [0.25, 0.3) is 39.0 Å². The number of aryl methyl sites for hydroxylation is 1.